The fraction of sp³-hybridized carbons (Fsp3) is 0.500. The Hall–Kier alpha value is -0.830. The number of nitrogens with one attached hydrogen (secondary N) is 1. The van der Waals surface area contributed by atoms with Crippen molar-refractivity contribution in [3.8, 4) is 0 Å². The summed E-state index contributed by atoms with van der Waals surface area (Å²) in [4.78, 5) is 0. The average Bonchev–Trinajstić information content (AvgIpc) is 1.64. The third-order valence-electron chi connectivity index (χ3n) is 0.922. The fourth-order valence-corrected chi connectivity index (χ4v) is 0.300. The van der Waals surface area contributed by atoms with Gasteiger partial charge in [-0.1, -0.05) is 0 Å². The molecule has 0 aliphatic carbocycles. The topological polar surface area (TPSA) is 70.1 Å². The second kappa shape index (κ2) is 2.64. The predicted molar refractivity (Wildman–Crippen MR) is 37.4 cm³/mol. The van der Waals surface area contributed by atoms with Gasteiger partial charge in [0.15, 0.2) is 0 Å². The Bertz CT molecular complexity index is 132. The molecule has 0 aliphatic rings. The molecule has 52 valence electrons. The summed E-state index contributed by atoms with van der Waals surface area (Å²) in [5.41, 5.74) is 4.04. The lowest BCUT2D eigenvalue weighted by molar-refractivity contribution is 0.154. The van der Waals surface area contributed by atoms with Crippen molar-refractivity contribution in [1.82, 2.24) is 0 Å². The van der Waals surface area contributed by atoms with Gasteiger partial charge in [-0.15, -0.1) is 0 Å². The van der Waals surface area contributed by atoms with Crippen LogP contribution in [-0.4, -0.2) is 16.4 Å². The van der Waals surface area contributed by atoms with E-state index >= 15 is 0 Å². The third-order valence-corrected chi connectivity index (χ3v) is 0.922. The van der Waals surface area contributed by atoms with E-state index in [1.165, 1.54) is 26.1 Å². The minimum Gasteiger partial charge on any atom is -0.405 e. The van der Waals surface area contributed by atoms with Gasteiger partial charge in [-0.25, -0.2) is 0 Å². The molecule has 0 saturated heterocycles. The van der Waals surface area contributed by atoms with Crippen LogP contribution in [0.25, 0.3) is 0 Å². The summed E-state index contributed by atoms with van der Waals surface area (Å²) in [6, 6.07) is 0. The van der Waals surface area contributed by atoms with Crippen LogP contribution >= 0.6 is 0 Å². The minimum absolute atomic E-state index is 0.116. The zero-order chi connectivity index (χ0) is 7.49. The first-order valence-electron chi connectivity index (χ1n) is 2.68. The summed E-state index contributed by atoms with van der Waals surface area (Å²) >= 11 is 0. The maximum Gasteiger partial charge on any atom is 0.100 e. The van der Waals surface area contributed by atoms with Crippen LogP contribution in [0.1, 0.15) is 13.8 Å². The van der Waals surface area contributed by atoms with Gasteiger partial charge in [-0.2, -0.15) is 0 Å². The molecule has 0 amide bonds. The van der Waals surface area contributed by atoms with E-state index in [1.807, 2.05) is 0 Å². The van der Waals surface area contributed by atoms with Crippen molar-refractivity contribution < 1.29 is 5.11 Å². The normalized spacial score (nSPS) is 12.3. The molecule has 0 heterocycles. The number of nitrogens with two attached hydrogens (primary N) is 1. The summed E-state index contributed by atoms with van der Waals surface area (Å²) in [6.45, 7) is 3.07. The molecule has 0 unspecified atom stereocenters. The highest BCUT2D eigenvalue weighted by molar-refractivity contribution is 5.98. The Labute approximate surface area is 54.7 Å². The van der Waals surface area contributed by atoms with Gasteiger partial charge in [0, 0.05) is 0 Å². The van der Waals surface area contributed by atoms with Gasteiger partial charge in [0.25, 0.3) is 0 Å². The molecule has 0 rings (SSSR count). The fourth-order valence-electron chi connectivity index (χ4n) is 0.300. The first kappa shape index (κ1) is 8.17. The maximum absolute atomic E-state index is 9.09. The van der Waals surface area contributed by atoms with E-state index in [4.69, 9.17) is 16.2 Å². The quantitative estimate of drug-likeness (QED) is 0.466. The molecular weight excluding hydrogens is 116 g/mol. The standard InChI is InChI=1S/C6H12N2O/c1-6(2,9)5(8)3-4-7/h3-4,8-9H,7H2,1-2H3/b4-3-,8-5?. The Balaban J connectivity index is 4.06. The van der Waals surface area contributed by atoms with Crippen LogP contribution in [-0.2, 0) is 0 Å². The Morgan fingerprint density at radius 3 is 2.22 bits per heavy atom. The predicted octanol–water partition coefficient (Wildman–Crippen LogP) is 0.249. The molecule has 0 aromatic carbocycles. The lowest BCUT2D eigenvalue weighted by Gasteiger charge is -2.14. The molecule has 0 radical (unpaired) electrons. The van der Waals surface area contributed by atoms with E-state index in [9.17, 15) is 0 Å². The molecule has 9 heavy (non-hydrogen) atoms. The third kappa shape index (κ3) is 2.87. The van der Waals surface area contributed by atoms with Gasteiger partial charge in [-0.05, 0) is 26.1 Å². The molecule has 0 aliphatic heterocycles. The minimum atomic E-state index is -1.07. The molecule has 0 saturated carbocycles. The molecule has 0 bridgehead atoms. The molecule has 0 spiro atoms. The van der Waals surface area contributed by atoms with Crippen LogP contribution in [0, 0.1) is 5.41 Å². The van der Waals surface area contributed by atoms with Crippen molar-refractivity contribution in [3.05, 3.63) is 12.3 Å². The molecule has 0 fully saturated rings. The van der Waals surface area contributed by atoms with Crippen LogP contribution in [0.3, 0.4) is 0 Å². The highest BCUT2D eigenvalue weighted by atomic mass is 16.3. The monoisotopic (exact) mass is 128 g/mol. The summed E-state index contributed by atoms with van der Waals surface area (Å²) in [6.07, 6.45) is 2.60. The first-order valence-corrected chi connectivity index (χ1v) is 2.68. The van der Waals surface area contributed by atoms with Crippen molar-refractivity contribution in [3.63, 3.8) is 0 Å². The zero-order valence-electron chi connectivity index (χ0n) is 5.68. The molecule has 0 atom stereocenters. The number of hydrogen-bond donors (Lipinski definition) is 3. The van der Waals surface area contributed by atoms with Crippen molar-refractivity contribution >= 4 is 5.71 Å². The van der Waals surface area contributed by atoms with Gasteiger partial charge < -0.3 is 16.2 Å². The van der Waals surface area contributed by atoms with Crippen LogP contribution in [0.15, 0.2) is 12.3 Å². The largest absolute Gasteiger partial charge is 0.405 e. The molecule has 3 heteroatoms. The molecule has 0 aromatic rings. The lowest BCUT2D eigenvalue weighted by atomic mass is 10.0. The number of aliphatic hydroxyl groups is 1. The van der Waals surface area contributed by atoms with E-state index in [0.717, 1.165) is 0 Å². The Kier molecular flexibility index (Phi) is 2.40. The summed E-state index contributed by atoms with van der Waals surface area (Å²) in [5.74, 6) is 0. The van der Waals surface area contributed by atoms with Crippen LogP contribution in [0.2, 0.25) is 0 Å². The van der Waals surface area contributed by atoms with Gasteiger partial charge in [0.05, 0.1) is 5.71 Å². The van der Waals surface area contributed by atoms with Gasteiger partial charge >= 0.3 is 0 Å². The zero-order valence-corrected chi connectivity index (χ0v) is 5.68. The highest BCUT2D eigenvalue weighted by Gasteiger charge is 2.15. The molecular formula is C6H12N2O. The second-order valence-corrected chi connectivity index (χ2v) is 2.33. The smallest absolute Gasteiger partial charge is 0.100 e. The molecule has 0 aromatic heterocycles. The van der Waals surface area contributed by atoms with Crippen molar-refractivity contribution in [2.45, 2.75) is 19.4 Å². The summed E-state index contributed by atoms with van der Waals surface area (Å²) in [5, 5.41) is 16.2. The first-order chi connectivity index (χ1) is 3.98. The van der Waals surface area contributed by atoms with Gasteiger partial charge in [0.2, 0.25) is 0 Å². The van der Waals surface area contributed by atoms with E-state index in [0.29, 0.717) is 0 Å². The number of hydrogen-bond acceptors (Lipinski definition) is 3. The van der Waals surface area contributed by atoms with Gasteiger partial charge in [0.1, 0.15) is 5.60 Å². The lowest BCUT2D eigenvalue weighted by Crippen LogP contribution is -2.28. The highest BCUT2D eigenvalue weighted by Crippen LogP contribution is 2.02. The Morgan fingerprint density at radius 1 is 1.67 bits per heavy atom. The van der Waals surface area contributed by atoms with E-state index in [1.54, 1.807) is 0 Å². The van der Waals surface area contributed by atoms with Gasteiger partial charge in [-0.3, -0.25) is 0 Å². The van der Waals surface area contributed by atoms with E-state index < -0.39 is 5.60 Å². The molecule has 4 N–H and O–H groups in total. The summed E-state index contributed by atoms with van der Waals surface area (Å²) in [7, 11) is 0. The second-order valence-electron chi connectivity index (χ2n) is 2.33. The summed E-state index contributed by atoms with van der Waals surface area (Å²) < 4.78 is 0. The van der Waals surface area contributed by atoms with Crippen LogP contribution < -0.4 is 5.73 Å². The van der Waals surface area contributed by atoms with E-state index in [2.05, 4.69) is 0 Å². The average molecular weight is 128 g/mol. The van der Waals surface area contributed by atoms with Crippen LogP contribution in [0.5, 0.6) is 0 Å². The van der Waals surface area contributed by atoms with Crippen molar-refractivity contribution in [2.24, 2.45) is 5.73 Å². The van der Waals surface area contributed by atoms with Crippen molar-refractivity contribution in [1.29, 1.82) is 5.41 Å². The maximum atomic E-state index is 9.09. The molecule has 3 nitrogen and oxygen atoms in total. The SMILES string of the molecule is CC(C)(O)C(=N)/C=C\N. The van der Waals surface area contributed by atoms with Crippen LogP contribution in [0.4, 0.5) is 0 Å². The van der Waals surface area contributed by atoms with Crippen molar-refractivity contribution in [2.75, 3.05) is 0 Å². The number of rotatable bonds is 2. The van der Waals surface area contributed by atoms with E-state index in [-0.39, 0.29) is 5.71 Å². The Morgan fingerprint density at radius 2 is 2.11 bits per heavy atom.